The Morgan fingerprint density at radius 2 is 2.14 bits per heavy atom. The molecule has 0 spiro atoms. The summed E-state index contributed by atoms with van der Waals surface area (Å²) in [5.41, 5.74) is 2.78. The minimum Gasteiger partial charge on any atom is -0.321 e. The smallest absolute Gasteiger partial charge is 0.275 e. The molecule has 0 fully saturated rings. The van der Waals surface area contributed by atoms with Gasteiger partial charge in [-0.05, 0) is 12.1 Å². The number of hydrogen-bond donors (Lipinski definition) is 1. The third-order valence-electron chi connectivity index (χ3n) is 1.60. The molecular formula is C9H7N3OS. The van der Waals surface area contributed by atoms with Crippen molar-refractivity contribution in [1.82, 2.24) is 9.97 Å². The van der Waals surface area contributed by atoms with Crippen molar-refractivity contribution in [2.24, 2.45) is 0 Å². The Balaban J connectivity index is 2.10. The van der Waals surface area contributed by atoms with E-state index in [2.05, 4.69) is 15.3 Å². The van der Waals surface area contributed by atoms with Crippen LogP contribution in [-0.4, -0.2) is 15.9 Å². The fourth-order valence-corrected chi connectivity index (χ4v) is 1.49. The van der Waals surface area contributed by atoms with Gasteiger partial charge in [0.05, 0.1) is 5.51 Å². The van der Waals surface area contributed by atoms with Crippen molar-refractivity contribution >= 4 is 22.9 Å². The van der Waals surface area contributed by atoms with E-state index in [0.29, 0.717) is 5.69 Å². The van der Waals surface area contributed by atoms with E-state index in [1.807, 2.05) is 0 Å². The Labute approximate surface area is 84.6 Å². The number of carbonyl (C=O) groups is 1. The molecule has 1 N–H and O–H groups in total. The van der Waals surface area contributed by atoms with Gasteiger partial charge in [-0.25, -0.2) is 4.98 Å². The van der Waals surface area contributed by atoms with Crippen LogP contribution < -0.4 is 5.32 Å². The first kappa shape index (κ1) is 8.83. The number of nitrogens with zero attached hydrogens (tertiary/aromatic N) is 2. The molecule has 0 unspecified atom stereocenters. The Morgan fingerprint density at radius 3 is 2.79 bits per heavy atom. The predicted molar refractivity (Wildman–Crippen MR) is 54.3 cm³/mol. The number of amides is 1. The lowest BCUT2D eigenvalue weighted by molar-refractivity contribution is 0.102. The Bertz CT molecular complexity index is 413. The predicted octanol–water partition coefficient (Wildman–Crippen LogP) is 1.79. The summed E-state index contributed by atoms with van der Waals surface area (Å²) < 4.78 is 0. The van der Waals surface area contributed by atoms with Gasteiger partial charge in [-0.3, -0.25) is 9.78 Å². The van der Waals surface area contributed by atoms with E-state index >= 15 is 0 Å². The summed E-state index contributed by atoms with van der Waals surface area (Å²) in [5, 5.41) is 4.41. The van der Waals surface area contributed by atoms with Gasteiger partial charge in [0.2, 0.25) is 0 Å². The van der Waals surface area contributed by atoms with Gasteiger partial charge in [-0.1, -0.05) is 0 Å². The van der Waals surface area contributed by atoms with Crippen LogP contribution in [0.3, 0.4) is 0 Å². The molecule has 1 amide bonds. The molecule has 0 aliphatic heterocycles. The highest BCUT2D eigenvalue weighted by Crippen LogP contribution is 2.07. The maximum absolute atomic E-state index is 11.5. The normalized spacial score (nSPS) is 9.71. The zero-order valence-electron chi connectivity index (χ0n) is 7.18. The number of carbonyl (C=O) groups excluding carboxylic acids is 1. The molecule has 0 saturated carbocycles. The first-order valence-electron chi connectivity index (χ1n) is 3.96. The average molecular weight is 205 g/mol. The highest BCUT2D eigenvalue weighted by molar-refractivity contribution is 7.07. The highest BCUT2D eigenvalue weighted by Gasteiger charge is 2.06. The first-order valence-corrected chi connectivity index (χ1v) is 4.90. The zero-order chi connectivity index (χ0) is 9.80. The largest absolute Gasteiger partial charge is 0.321 e. The van der Waals surface area contributed by atoms with Gasteiger partial charge < -0.3 is 5.32 Å². The van der Waals surface area contributed by atoms with E-state index in [1.165, 1.54) is 11.3 Å². The first-order chi connectivity index (χ1) is 6.86. The molecular weight excluding hydrogens is 198 g/mol. The lowest BCUT2D eigenvalue weighted by Crippen LogP contribution is -2.11. The number of nitrogens with one attached hydrogen (secondary N) is 1. The van der Waals surface area contributed by atoms with Crippen LogP contribution in [0.15, 0.2) is 35.4 Å². The molecule has 0 aliphatic rings. The summed E-state index contributed by atoms with van der Waals surface area (Å²) >= 11 is 1.39. The van der Waals surface area contributed by atoms with Gasteiger partial charge in [0, 0.05) is 23.5 Å². The summed E-state index contributed by atoms with van der Waals surface area (Å²) in [7, 11) is 0. The van der Waals surface area contributed by atoms with Crippen molar-refractivity contribution in [3.63, 3.8) is 0 Å². The number of rotatable bonds is 2. The standard InChI is InChI=1S/C9H7N3OS/c13-9(8-5-14-6-11-8)12-7-1-3-10-4-2-7/h1-6H,(H,10,12,13). The minimum atomic E-state index is -0.197. The molecule has 2 aromatic heterocycles. The summed E-state index contributed by atoms with van der Waals surface area (Å²) in [6, 6.07) is 3.45. The molecule has 14 heavy (non-hydrogen) atoms. The number of anilines is 1. The Morgan fingerprint density at radius 1 is 1.36 bits per heavy atom. The lowest BCUT2D eigenvalue weighted by atomic mass is 10.4. The number of aromatic nitrogens is 2. The zero-order valence-corrected chi connectivity index (χ0v) is 7.99. The Kier molecular flexibility index (Phi) is 2.51. The van der Waals surface area contributed by atoms with Gasteiger partial charge >= 0.3 is 0 Å². The second-order valence-electron chi connectivity index (χ2n) is 2.56. The topological polar surface area (TPSA) is 54.9 Å². The van der Waals surface area contributed by atoms with Gasteiger partial charge in [0.25, 0.3) is 5.91 Å². The van der Waals surface area contributed by atoms with Gasteiger partial charge in [0.15, 0.2) is 0 Å². The van der Waals surface area contributed by atoms with Crippen molar-refractivity contribution in [3.05, 3.63) is 41.1 Å². The quantitative estimate of drug-likeness (QED) is 0.813. The van der Waals surface area contributed by atoms with E-state index in [4.69, 9.17) is 0 Å². The molecule has 0 aromatic carbocycles. The van der Waals surface area contributed by atoms with E-state index in [1.54, 1.807) is 35.4 Å². The molecule has 0 bridgehead atoms. The number of pyridine rings is 1. The SMILES string of the molecule is O=C(Nc1ccncc1)c1cscn1. The van der Waals surface area contributed by atoms with Crippen LogP contribution in [0.25, 0.3) is 0 Å². The van der Waals surface area contributed by atoms with Crippen LogP contribution in [-0.2, 0) is 0 Å². The molecule has 0 aliphatic carbocycles. The molecule has 70 valence electrons. The third-order valence-corrected chi connectivity index (χ3v) is 2.19. The average Bonchev–Trinajstić information content (AvgIpc) is 2.72. The monoisotopic (exact) mass is 205 g/mol. The number of hydrogen-bond acceptors (Lipinski definition) is 4. The maximum atomic E-state index is 11.5. The summed E-state index contributed by atoms with van der Waals surface area (Å²) in [4.78, 5) is 19.2. The molecule has 0 atom stereocenters. The molecule has 0 saturated heterocycles. The minimum absolute atomic E-state index is 0.197. The van der Waals surface area contributed by atoms with Crippen molar-refractivity contribution in [2.45, 2.75) is 0 Å². The summed E-state index contributed by atoms with van der Waals surface area (Å²) in [5.74, 6) is -0.197. The van der Waals surface area contributed by atoms with Gasteiger partial charge in [0.1, 0.15) is 5.69 Å². The lowest BCUT2D eigenvalue weighted by Gasteiger charge is -2.00. The van der Waals surface area contributed by atoms with Crippen LogP contribution in [0.4, 0.5) is 5.69 Å². The van der Waals surface area contributed by atoms with E-state index in [-0.39, 0.29) is 5.91 Å². The van der Waals surface area contributed by atoms with Gasteiger partial charge in [-0.15, -0.1) is 11.3 Å². The van der Waals surface area contributed by atoms with E-state index < -0.39 is 0 Å². The number of thiazole rings is 1. The van der Waals surface area contributed by atoms with Crippen molar-refractivity contribution in [2.75, 3.05) is 5.32 Å². The van der Waals surface area contributed by atoms with E-state index in [0.717, 1.165) is 5.69 Å². The van der Waals surface area contributed by atoms with Crippen LogP contribution >= 0.6 is 11.3 Å². The maximum Gasteiger partial charge on any atom is 0.275 e. The van der Waals surface area contributed by atoms with Gasteiger partial charge in [-0.2, -0.15) is 0 Å². The van der Waals surface area contributed by atoms with Crippen molar-refractivity contribution < 1.29 is 4.79 Å². The Hall–Kier alpha value is -1.75. The second kappa shape index (κ2) is 3.97. The van der Waals surface area contributed by atoms with Crippen molar-refractivity contribution in [3.8, 4) is 0 Å². The summed E-state index contributed by atoms with van der Waals surface area (Å²) in [6.07, 6.45) is 3.24. The summed E-state index contributed by atoms with van der Waals surface area (Å²) in [6.45, 7) is 0. The molecule has 2 heterocycles. The van der Waals surface area contributed by atoms with Crippen LogP contribution in [0, 0.1) is 0 Å². The fraction of sp³-hybridized carbons (Fsp3) is 0. The molecule has 5 heteroatoms. The van der Waals surface area contributed by atoms with Crippen LogP contribution in [0.5, 0.6) is 0 Å². The molecule has 2 aromatic rings. The van der Waals surface area contributed by atoms with Crippen LogP contribution in [0.2, 0.25) is 0 Å². The molecule has 2 rings (SSSR count). The van der Waals surface area contributed by atoms with Crippen molar-refractivity contribution in [1.29, 1.82) is 0 Å². The molecule has 4 nitrogen and oxygen atoms in total. The molecule has 0 radical (unpaired) electrons. The van der Waals surface area contributed by atoms with Crippen LogP contribution in [0.1, 0.15) is 10.5 Å². The fourth-order valence-electron chi connectivity index (χ4n) is 0.955. The second-order valence-corrected chi connectivity index (χ2v) is 3.28. The third kappa shape index (κ3) is 1.94. The van der Waals surface area contributed by atoms with E-state index in [9.17, 15) is 4.79 Å². The highest BCUT2D eigenvalue weighted by atomic mass is 32.1.